The monoisotopic (exact) mass is 265 g/mol. The average Bonchev–Trinajstić information content (AvgIpc) is 2.76. The summed E-state index contributed by atoms with van der Waals surface area (Å²) < 4.78 is 6.39. The minimum atomic E-state index is -0.236. The van der Waals surface area contributed by atoms with Gasteiger partial charge in [0.25, 0.3) is 5.91 Å². The molecule has 1 unspecified atom stereocenters. The Hall–Kier alpha value is -1.85. The number of hydrogen-bond donors (Lipinski definition) is 0. The molecule has 0 spiro atoms. The van der Waals surface area contributed by atoms with Crippen molar-refractivity contribution in [3.05, 3.63) is 17.5 Å². The van der Waals surface area contributed by atoms with Gasteiger partial charge in [0.1, 0.15) is 0 Å². The molecule has 0 aliphatic carbocycles. The van der Waals surface area contributed by atoms with Crippen LogP contribution in [0.4, 0.5) is 0 Å². The number of esters is 1. The molecule has 1 atom stereocenters. The number of piperidine rings is 1. The Kier molecular flexibility index (Phi) is 3.87. The zero-order chi connectivity index (χ0) is 14.0. The van der Waals surface area contributed by atoms with Gasteiger partial charge < -0.3 is 9.64 Å². The van der Waals surface area contributed by atoms with Crippen LogP contribution in [0.5, 0.6) is 0 Å². The molecular weight excluding hydrogens is 246 g/mol. The summed E-state index contributed by atoms with van der Waals surface area (Å²) in [4.78, 5) is 25.7. The van der Waals surface area contributed by atoms with Gasteiger partial charge in [0.2, 0.25) is 0 Å². The molecule has 1 amide bonds. The van der Waals surface area contributed by atoms with Crippen LogP contribution in [0.15, 0.2) is 6.20 Å². The highest BCUT2D eigenvalue weighted by Gasteiger charge is 2.30. The molecule has 1 aliphatic heterocycles. The lowest BCUT2D eigenvalue weighted by molar-refractivity contribution is -0.146. The normalized spacial score (nSPS) is 19.3. The van der Waals surface area contributed by atoms with E-state index in [1.54, 1.807) is 22.8 Å². The first-order chi connectivity index (χ1) is 9.02. The maximum Gasteiger partial charge on any atom is 0.310 e. The molecule has 6 heteroatoms. The standard InChI is InChI=1S/C13H19N3O3/c1-9-11(8-15(2)14-9)12(17)16-6-4-5-10(7-16)13(18)19-3/h8,10H,4-7H2,1-3H3. The second kappa shape index (κ2) is 5.42. The fraction of sp³-hybridized carbons (Fsp3) is 0.615. The summed E-state index contributed by atoms with van der Waals surface area (Å²) in [6.45, 7) is 2.93. The van der Waals surface area contributed by atoms with Crippen molar-refractivity contribution in [2.75, 3.05) is 20.2 Å². The van der Waals surface area contributed by atoms with Gasteiger partial charge in [0, 0.05) is 26.3 Å². The van der Waals surface area contributed by atoms with Crippen LogP contribution in [0.25, 0.3) is 0 Å². The Bertz CT molecular complexity index is 495. The molecule has 0 saturated carbocycles. The third kappa shape index (κ3) is 2.77. The van der Waals surface area contributed by atoms with E-state index < -0.39 is 0 Å². The van der Waals surface area contributed by atoms with E-state index in [0.717, 1.165) is 12.8 Å². The van der Waals surface area contributed by atoms with Crippen molar-refractivity contribution in [2.45, 2.75) is 19.8 Å². The number of nitrogens with zero attached hydrogens (tertiary/aromatic N) is 3. The van der Waals surface area contributed by atoms with Crippen molar-refractivity contribution in [3.8, 4) is 0 Å². The molecule has 2 rings (SSSR count). The lowest BCUT2D eigenvalue weighted by Crippen LogP contribution is -2.42. The number of likely N-dealkylation sites (tertiary alicyclic amines) is 1. The number of rotatable bonds is 2. The number of hydrogen-bond acceptors (Lipinski definition) is 4. The number of amides is 1. The Morgan fingerprint density at radius 1 is 1.47 bits per heavy atom. The largest absolute Gasteiger partial charge is 0.469 e. The molecule has 1 saturated heterocycles. The highest BCUT2D eigenvalue weighted by atomic mass is 16.5. The van der Waals surface area contributed by atoms with Gasteiger partial charge in [-0.15, -0.1) is 0 Å². The second-order valence-electron chi connectivity index (χ2n) is 4.92. The fourth-order valence-corrected chi connectivity index (χ4v) is 2.50. The van der Waals surface area contributed by atoms with E-state index in [1.807, 2.05) is 6.92 Å². The molecule has 0 aromatic carbocycles. The van der Waals surface area contributed by atoms with Gasteiger partial charge in [-0.3, -0.25) is 14.3 Å². The van der Waals surface area contributed by atoms with Gasteiger partial charge in [-0.05, 0) is 19.8 Å². The van der Waals surface area contributed by atoms with Crippen LogP contribution in [0, 0.1) is 12.8 Å². The Morgan fingerprint density at radius 2 is 2.21 bits per heavy atom. The van der Waals surface area contributed by atoms with Gasteiger partial charge in [0.15, 0.2) is 0 Å². The molecule has 19 heavy (non-hydrogen) atoms. The Balaban J connectivity index is 2.11. The summed E-state index contributed by atoms with van der Waals surface area (Å²) in [7, 11) is 3.17. The number of ether oxygens (including phenoxy) is 1. The van der Waals surface area contributed by atoms with Crippen LogP contribution >= 0.6 is 0 Å². The van der Waals surface area contributed by atoms with Crippen LogP contribution in [0.3, 0.4) is 0 Å². The molecule has 0 bridgehead atoms. The molecule has 0 N–H and O–H groups in total. The van der Waals surface area contributed by atoms with Crippen molar-refractivity contribution < 1.29 is 14.3 Å². The number of carbonyl (C=O) groups excluding carboxylic acids is 2. The first-order valence-electron chi connectivity index (χ1n) is 6.40. The van der Waals surface area contributed by atoms with E-state index in [9.17, 15) is 9.59 Å². The minimum Gasteiger partial charge on any atom is -0.469 e. The topological polar surface area (TPSA) is 64.4 Å². The predicted molar refractivity (Wildman–Crippen MR) is 68.6 cm³/mol. The van der Waals surface area contributed by atoms with E-state index in [4.69, 9.17) is 4.74 Å². The van der Waals surface area contributed by atoms with Crippen LogP contribution in [-0.2, 0) is 16.6 Å². The van der Waals surface area contributed by atoms with Crippen LogP contribution in [-0.4, -0.2) is 46.8 Å². The van der Waals surface area contributed by atoms with Crippen LogP contribution < -0.4 is 0 Å². The van der Waals surface area contributed by atoms with E-state index in [1.165, 1.54) is 7.11 Å². The highest BCUT2D eigenvalue weighted by Crippen LogP contribution is 2.20. The van der Waals surface area contributed by atoms with Crippen molar-refractivity contribution in [1.82, 2.24) is 14.7 Å². The first-order valence-corrected chi connectivity index (χ1v) is 6.40. The molecule has 1 aliphatic rings. The molecular formula is C13H19N3O3. The van der Waals surface area contributed by atoms with Gasteiger partial charge >= 0.3 is 5.97 Å². The summed E-state index contributed by atoms with van der Waals surface area (Å²) in [6, 6.07) is 0. The zero-order valence-corrected chi connectivity index (χ0v) is 11.5. The number of carbonyl (C=O) groups is 2. The molecule has 1 fully saturated rings. The predicted octanol–water partition coefficient (Wildman–Crippen LogP) is 0.754. The minimum absolute atomic E-state index is 0.0563. The van der Waals surface area contributed by atoms with Crippen LogP contribution in [0.1, 0.15) is 28.9 Å². The SMILES string of the molecule is COC(=O)C1CCCN(C(=O)c2cn(C)nc2C)C1. The smallest absolute Gasteiger partial charge is 0.310 e. The van der Waals surface area contributed by atoms with Crippen molar-refractivity contribution in [2.24, 2.45) is 13.0 Å². The second-order valence-corrected chi connectivity index (χ2v) is 4.92. The number of aryl methyl sites for hydroxylation is 2. The maximum atomic E-state index is 12.4. The third-order valence-corrected chi connectivity index (χ3v) is 3.49. The lowest BCUT2D eigenvalue weighted by Gasteiger charge is -2.31. The summed E-state index contributed by atoms with van der Waals surface area (Å²) in [5.74, 6) is -0.501. The molecule has 0 radical (unpaired) electrons. The average molecular weight is 265 g/mol. The lowest BCUT2D eigenvalue weighted by atomic mass is 9.97. The summed E-state index contributed by atoms with van der Waals surface area (Å²) >= 11 is 0. The van der Waals surface area contributed by atoms with Crippen molar-refractivity contribution in [1.29, 1.82) is 0 Å². The number of aromatic nitrogens is 2. The summed E-state index contributed by atoms with van der Waals surface area (Å²) in [6.07, 6.45) is 3.33. The van der Waals surface area contributed by atoms with Gasteiger partial charge in [-0.25, -0.2) is 0 Å². The number of methoxy groups -OCH3 is 1. The quantitative estimate of drug-likeness (QED) is 0.740. The first kappa shape index (κ1) is 13.6. The van der Waals surface area contributed by atoms with Crippen molar-refractivity contribution >= 4 is 11.9 Å². The molecule has 1 aromatic rings. The molecule has 1 aromatic heterocycles. The maximum absolute atomic E-state index is 12.4. The molecule has 104 valence electrons. The van der Waals surface area contributed by atoms with Gasteiger partial charge in [-0.2, -0.15) is 5.10 Å². The Morgan fingerprint density at radius 3 is 2.79 bits per heavy atom. The van der Waals surface area contributed by atoms with E-state index in [-0.39, 0.29) is 17.8 Å². The van der Waals surface area contributed by atoms with Gasteiger partial charge in [-0.1, -0.05) is 0 Å². The van der Waals surface area contributed by atoms with Crippen molar-refractivity contribution in [3.63, 3.8) is 0 Å². The molecule has 2 heterocycles. The van der Waals surface area contributed by atoms with Crippen LogP contribution in [0.2, 0.25) is 0 Å². The summed E-state index contributed by atoms with van der Waals surface area (Å²) in [5.41, 5.74) is 1.32. The summed E-state index contributed by atoms with van der Waals surface area (Å²) in [5, 5.41) is 4.17. The van der Waals surface area contributed by atoms with E-state index in [2.05, 4.69) is 5.10 Å². The molecule has 6 nitrogen and oxygen atoms in total. The fourth-order valence-electron chi connectivity index (χ4n) is 2.50. The third-order valence-electron chi connectivity index (χ3n) is 3.49. The highest BCUT2D eigenvalue weighted by molar-refractivity contribution is 5.95. The van der Waals surface area contributed by atoms with E-state index in [0.29, 0.717) is 24.3 Å². The Labute approximate surface area is 112 Å². The van der Waals surface area contributed by atoms with Gasteiger partial charge in [0.05, 0.1) is 24.3 Å². The zero-order valence-electron chi connectivity index (χ0n) is 11.5. The van der Waals surface area contributed by atoms with E-state index >= 15 is 0 Å².